The van der Waals surface area contributed by atoms with Crippen LogP contribution in [-0.4, -0.2) is 61.5 Å². The van der Waals surface area contributed by atoms with Gasteiger partial charge in [-0.15, -0.1) is 11.3 Å². The van der Waals surface area contributed by atoms with Crippen LogP contribution >= 0.6 is 11.3 Å². The fourth-order valence-corrected chi connectivity index (χ4v) is 7.01. The molecule has 210 valence electrons. The van der Waals surface area contributed by atoms with E-state index in [0.29, 0.717) is 19.0 Å². The molecule has 4 atom stereocenters. The minimum atomic E-state index is -0.888. The molecular weight excluding hydrogens is 524 g/mol. The van der Waals surface area contributed by atoms with Gasteiger partial charge in [0.25, 0.3) is 0 Å². The third-order valence-electron chi connectivity index (χ3n) is 8.35. The zero-order valence-electron chi connectivity index (χ0n) is 22.9. The SMILES string of the molecule is CC(C)[C@@H](C(=O)N1C[C@H](O)C[C@H]1C(=O)NCc1ccc(-c2scnc2C2CC2)cc1)N1Cc2ccccc2C1O. The molecule has 2 aliphatic heterocycles. The number of carbonyl (C=O) groups is 2. The number of rotatable bonds is 8. The molecule has 40 heavy (non-hydrogen) atoms. The maximum Gasteiger partial charge on any atom is 0.243 e. The molecule has 3 N–H and O–H groups in total. The van der Waals surface area contributed by atoms with Crippen LogP contribution in [0.2, 0.25) is 0 Å². The summed E-state index contributed by atoms with van der Waals surface area (Å²) in [5, 5.41) is 24.5. The number of carbonyl (C=O) groups excluding carboxylic acids is 2. The Labute approximate surface area is 238 Å². The van der Waals surface area contributed by atoms with E-state index in [2.05, 4.69) is 22.4 Å². The predicted octanol–water partition coefficient (Wildman–Crippen LogP) is 3.80. The average Bonchev–Trinajstić information content (AvgIpc) is 3.39. The molecule has 2 fully saturated rings. The van der Waals surface area contributed by atoms with E-state index in [0.717, 1.165) is 22.3 Å². The molecule has 0 spiro atoms. The maximum absolute atomic E-state index is 13.9. The Hall–Kier alpha value is -3.11. The van der Waals surface area contributed by atoms with Gasteiger partial charge in [0.2, 0.25) is 11.8 Å². The summed E-state index contributed by atoms with van der Waals surface area (Å²) in [6, 6.07) is 14.4. The Bertz CT molecular complexity index is 1390. The lowest BCUT2D eigenvalue weighted by molar-refractivity contribution is -0.149. The number of aliphatic hydroxyl groups is 2. The van der Waals surface area contributed by atoms with E-state index in [1.165, 1.54) is 28.3 Å². The van der Waals surface area contributed by atoms with Crippen LogP contribution in [0, 0.1) is 5.92 Å². The summed E-state index contributed by atoms with van der Waals surface area (Å²) in [5.74, 6) is -0.0264. The van der Waals surface area contributed by atoms with Gasteiger partial charge >= 0.3 is 0 Å². The Balaban J connectivity index is 1.12. The van der Waals surface area contributed by atoms with Crippen LogP contribution in [-0.2, 0) is 22.7 Å². The van der Waals surface area contributed by atoms with Crippen LogP contribution in [0.1, 0.15) is 67.6 Å². The van der Waals surface area contributed by atoms with Gasteiger partial charge in [-0.2, -0.15) is 0 Å². The molecule has 0 radical (unpaired) electrons. The molecule has 0 bridgehead atoms. The highest BCUT2D eigenvalue weighted by Gasteiger charge is 2.46. The quantitative estimate of drug-likeness (QED) is 0.387. The monoisotopic (exact) mass is 560 g/mol. The molecule has 3 heterocycles. The number of β-amino-alcohol motifs (C(OH)–C–C–N with tert-alkyl or cyclic N) is 1. The van der Waals surface area contributed by atoms with Gasteiger partial charge in [-0.05, 0) is 41.0 Å². The molecule has 8 nitrogen and oxygen atoms in total. The van der Waals surface area contributed by atoms with Gasteiger partial charge in [0.05, 0.1) is 28.2 Å². The van der Waals surface area contributed by atoms with E-state index in [1.54, 1.807) is 16.2 Å². The number of nitrogens with zero attached hydrogens (tertiary/aromatic N) is 3. The van der Waals surface area contributed by atoms with Crippen molar-refractivity contribution in [1.29, 1.82) is 0 Å². The molecule has 2 aromatic carbocycles. The van der Waals surface area contributed by atoms with Crippen LogP contribution in [0.5, 0.6) is 0 Å². The summed E-state index contributed by atoms with van der Waals surface area (Å²) < 4.78 is 0. The zero-order chi connectivity index (χ0) is 28.0. The minimum Gasteiger partial charge on any atom is -0.391 e. The summed E-state index contributed by atoms with van der Waals surface area (Å²) in [7, 11) is 0. The van der Waals surface area contributed by atoms with Crippen molar-refractivity contribution in [3.8, 4) is 10.4 Å². The van der Waals surface area contributed by atoms with E-state index in [1.807, 2.05) is 55.8 Å². The first-order chi connectivity index (χ1) is 19.3. The van der Waals surface area contributed by atoms with E-state index in [-0.39, 0.29) is 30.7 Å². The number of aromatic nitrogens is 1. The number of benzene rings is 2. The number of fused-ring (bicyclic) bond motifs is 1. The van der Waals surface area contributed by atoms with Gasteiger partial charge < -0.3 is 20.4 Å². The number of amides is 2. The second-order valence-electron chi connectivity index (χ2n) is 11.6. The summed E-state index contributed by atoms with van der Waals surface area (Å²) in [4.78, 5) is 36.3. The molecule has 1 saturated heterocycles. The fraction of sp³-hybridized carbons (Fsp3) is 0.452. The molecule has 2 amide bonds. The highest BCUT2D eigenvalue weighted by atomic mass is 32.1. The van der Waals surface area contributed by atoms with Crippen molar-refractivity contribution in [1.82, 2.24) is 20.1 Å². The molecular formula is C31H36N4O4S. The van der Waals surface area contributed by atoms with Crippen molar-refractivity contribution >= 4 is 23.2 Å². The highest BCUT2D eigenvalue weighted by Crippen LogP contribution is 2.45. The second kappa shape index (κ2) is 11.0. The lowest BCUT2D eigenvalue weighted by Crippen LogP contribution is -2.54. The fourth-order valence-electron chi connectivity index (χ4n) is 6.13. The molecule has 9 heteroatoms. The third kappa shape index (κ3) is 5.19. The lowest BCUT2D eigenvalue weighted by atomic mass is 10.00. The lowest BCUT2D eigenvalue weighted by Gasteiger charge is -2.36. The van der Waals surface area contributed by atoms with Crippen molar-refractivity contribution in [3.63, 3.8) is 0 Å². The van der Waals surface area contributed by atoms with Gasteiger partial charge in [0, 0.05) is 32.0 Å². The molecule has 1 aromatic heterocycles. The van der Waals surface area contributed by atoms with Crippen LogP contribution < -0.4 is 5.32 Å². The van der Waals surface area contributed by atoms with E-state index >= 15 is 0 Å². The van der Waals surface area contributed by atoms with Crippen LogP contribution in [0.4, 0.5) is 0 Å². The van der Waals surface area contributed by atoms with E-state index < -0.39 is 24.4 Å². The number of hydrogen-bond donors (Lipinski definition) is 3. The van der Waals surface area contributed by atoms with Gasteiger partial charge in [-0.3, -0.25) is 14.5 Å². The molecule has 1 saturated carbocycles. The summed E-state index contributed by atoms with van der Waals surface area (Å²) in [6.45, 7) is 4.79. The highest BCUT2D eigenvalue weighted by molar-refractivity contribution is 7.13. The molecule has 3 aliphatic rings. The smallest absolute Gasteiger partial charge is 0.243 e. The first kappa shape index (κ1) is 27.1. The molecule has 6 rings (SSSR count). The first-order valence-electron chi connectivity index (χ1n) is 14.1. The van der Waals surface area contributed by atoms with Gasteiger partial charge in [0.15, 0.2) is 0 Å². The summed E-state index contributed by atoms with van der Waals surface area (Å²) in [5.41, 5.74) is 7.01. The van der Waals surface area contributed by atoms with Crippen molar-refractivity contribution in [2.75, 3.05) is 6.54 Å². The minimum absolute atomic E-state index is 0.101. The van der Waals surface area contributed by atoms with E-state index in [4.69, 9.17) is 0 Å². The number of hydrogen-bond acceptors (Lipinski definition) is 7. The van der Waals surface area contributed by atoms with Crippen LogP contribution in [0.3, 0.4) is 0 Å². The van der Waals surface area contributed by atoms with Gasteiger partial charge in [0.1, 0.15) is 12.3 Å². The first-order valence-corrected chi connectivity index (χ1v) is 15.0. The average molecular weight is 561 g/mol. The van der Waals surface area contributed by atoms with Gasteiger partial charge in [-0.1, -0.05) is 62.4 Å². The summed E-state index contributed by atoms with van der Waals surface area (Å²) in [6.07, 6.45) is 0.952. The summed E-state index contributed by atoms with van der Waals surface area (Å²) >= 11 is 1.66. The third-order valence-corrected chi connectivity index (χ3v) is 9.24. The van der Waals surface area contributed by atoms with Crippen molar-refractivity contribution in [2.24, 2.45) is 5.92 Å². The molecule has 1 aliphatic carbocycles. The van der Waals surface area contributed by atoms with Crippen molar-refractivity contribution in [3.05, 3.63) is 76.4 Å². The number of nitrogens with one attached hydrogen (secondary N) is 1. The normalized spacial score (nSPS) is 23.4. The Morgan fingerprint density at radius 3 is 2.55 bits per heavy atom. The number of aliphatic hydroxyl groups excluding tert-OH is 2. The van der Waals surface area contributed by atoms with Crippen LogP contribution in [0.25, 0.3) is 10.4 Å². The second-order valence-corrected chi connectivity index (χ2v) is 12.4. The predicted molar refractivity (Wildman–Crippen MR) is 153 cm³/mol. The number of thiazole rings is 1. The number of likely N-dealkylation sites (tertiary alicyclic amines) is 1. The van der Waals surface area contributed by atoms with Crippen molar-refractivity contribution < 1.29 is 19.8 Å². The van der Waals surface area contributed by atoms with Crippen molar-refractivity contribution in [2.45, 2.75) is 76.5 Å². The van der Waals surface area contributed by atoms with Gasteiger partial charge in [-0.25, -0.2) is 4.98 Å². The topological polar surface area (TPSA) is 106 Å². The zero-order valence-corrected chi connectivity index (χ0v) is 23.7. The van der Waals surface area contributed by atoms with Crippen LogP contribution in [0.15, 0.2) is 54.0 Å². The maximum atomic E-state index is 13.9. The Morgan fingerprint density at radius 2 is 1.85 bits per heavy atom. The largest absolute Gasteiger partial charge is 0.391 e. The van der Waals surface area contributed by atoms with E-state index in [9.17, 15) is 19.8 Å². The standard InChI is InChI=1S/C31H36N4O4S/c1-18(2)27(35-15-22-5-3-4-6-24(22)30(35)38)31(39)34-16-23(36)13-25(34)29(37)32-14-19-7-9-21(10-8-19)28-26(20-11-12-20)33-17-40-28/h3-10,17-18,20,23,25,27,30,36,38H,11-16H2,1-2H3,(H,32,37)/t23-,25+,27+,30?/m1/s1. The Morgan fingerprint density at radius 1 is 1.10 bits per heavy atom. The molecule has 1 unspecified atom stereocenters. The Kier molecular flexibility index (Phi) is 7.48. The molecule has 3 aromatic rings.